The molecule has 0 saturated heterocycles. The minimum absolute atomic E-state index is 0.558. The van der Waals surface area contributed by atoms with Crippen LogP contribution in [0.1, 0.15) is 24.0 Å². The van der Waals surface area contributed by atoms with Crippen molar-refractivity contribution in [2.24, 2.45) is 0 Å². The minimum atomic E-state index is -1.80. The maximum atomic E-state index is 9.27. The molecule has 110 valence electrons. The highest BCUT2D eigenvalue weighted by atomic mass is 16.6. The molecule has 0 spiro atoms. The second-order valence-corrected chi connectivity index (χ2v) is 5.87. The molecular weight excluding hydrogens is 275 g/mol. The van der Waals surface area contributed by atoms with Crippen molar-refractivity contribution in [1.29, 1.82) is 0 Å². The number of hydrogen-bond donors (Lipinski definition) is 2. The number of rotatable bonds is 2. The fourth-order valence-electron chi connectivity index (χ4n) is 3.62. The van der Waals surface area contributed by atoms with Crippen molar-refractivity contribution in [2.45, 2.75) is 25.7 Å². The molecule has 0 radical (unpaired) electrons. The minimum Gasteiger partial charge on any atom is -0.511 e. The molecule has 22 heavy (non-hydrogen) atoms. The molecule has 2 N–H and O–H groups in total. The first-order chi connectivity index (χ1) is 10.7. The van der Waals surface area contributed by atoms with E-state index in [2.05, 4.69) is 24.3 Å². The summed E-state index contributed by atoms with van der Waals surface area (Å²) in [7, 11) is -1.80. The molecule has 4 rings (SSSR count). The predicted molar refractivity (Wildman–Crippen MR) is 88.9 cm³/mol. The van der Waals surface area contributed by atoms with E-state index in [1.807, 2.05) is 18.2 Å². The highest BCUT2D eigenvalue weighted by Gasteiger charge is 2.20. The monoisotopic (exact) mass is 292 g/mol. The second kappa shape index (κ2) is 5.31. The van der Waals surface area contributed by atoms with E-state index in [-0.39, 0.29) is 0 Å². The SMILES string of the molecule is OB(O)Oc1cc2c(c3ccc4ccccc4c13)CCCC2. The topological polar surface area (TPSA) is 49.7 Å². The summed E-state index contributed by atoms with van der Waals surface area (Å²) in [6, 6.07) is 14.4. The number of hydrogen-bond acceptors (Lipinski definition) is 3. The molecule has 0 heterocycles. The van der Waals surface area contributed by atoms with Crippen molar-refractivity contribution in [3.63, 3.8) is 0 Å². The lowest BCUT2D eigenvalue weighted by Gasteiger charge is -2.21. The third kappa shape index (κ3) is 2.16. The molecule has 0 bridgehead atoms. The van der Waals surface area contributed by atoms with E-state index in [0.29, 0.717) is 5.75 Å². The van der Waals surface area contributed by atoms with E-state index in [4.69, 9.17) is 4.65 Å². The fourth-order valence-corrected chi connectivity index (χ4v) is 3.62. The van der Waals surface area contributed by atoms with E-state index >= 15 is 0 Å². The Labute approximate surface area is 129 Å². The first-order valence-electron chi connectivity index (χ1n) is 7.73. The van der Waals surface area contributed by atoms with E-state index < -0.39 is 7.32 Å². The summed E-state index contributed by atoms with van der Waals surface area (Å²) in [4.78, 5) is 0. The molecule has 3 aromatic rings. The third-order valence-corrected chi connectivity index (χ3v) is 4.55. The van der Waals surface area contributed by atoms with Gasteiger partial charge in [-0.1, -0.05) is 36.4 Å². The van der Waals surface area contributed by atoms with Crippen LogP contribution in [-0.4, -0.2) is 17.4 Å². The van der Waals surface area contributed by atoms with Crippen LogP contribution in [0.5, 0.6) is 5.75 Å². The molecule has 0 saturated carbocycles. The van der Waals surface area contributed by atoms with Crippen molar-refractivity contribution >= 4 is 28.9 Å². The van der Waals surface area contributed by atoms with E-state index in [1.165, 1.54) is 29.4 Å². The average molecular weight is 292 g/mol. The smallest absolute Gasteiger partial charge is 0.511 e. The van der Waals surface area contributed by atoms with Crippen molar-refractivity contribution in [2.75, 3.05) is 0 Å². The zero-order chi connectivity index (χ0) is 15.1. The van der Waals surface area contributed by atoms with Gasteiger partial charge < -0.3 is 14.7 Å². The van der Waals surface area contributed by atoms with Gasteiger partial charge in [0.25, 0.3) is 0 Å². The summed E-state index contributed by atoms with van der Waals surface area (Å²) in [5.41, 5.74) is 2.65. The molecule has 1 aliphatic rings. The Morgan fingerprint density at radius 1 is 0.909 bits per heavy atom. The second-order valence-electron chi connectivity index (χ2n) is 5.87. The largest absolute Gasteiger partial charge is 0.707 e. The first-order valence-corrected chi connectivity index (χ1v) is 7.73. The highest BCUT2D eigenvalue weighted by molar-refractivity contribution is 6.34. The Hall–Kier alpha value is -2.04. The molecule has 1 aliphatic carbocycles. The van der Waals surface area contributed by atoms with Gasteiger partial charge in [-0.3, -0.25) is 0 Å². The maximum Gasteiger partial charge on any atom is 0.707 e. The molecule has 0 aromatic heterocycles. The summed E-state index contributed by atoms with van der Waals surface area (Å²) in [6.07, 6.45) is 4.48. The number of fused-ring (bicyclic) bond motifs is 5. The van der Waals surface area contributed by atoms with E-state index in [1.54, 1.807) is 0 Å². The standard InChI is InChI=1S/C18H17BO3/c20-19(21)22-17-11-13-6-2-3-7-14(13)16-10-9-12-5-1-4-8-15(12)18(16)17/h1,4-5,8-11,20-21H,2-3,6-7H2. The van der Waals surface area contributed by atoms with Gasteiger partial charge in [0, 0.05) is 5.39 Å². The van der Waals surface area contributed by atoms with Crippen LogP contribution in [0, 0.1) is 0 Å². The van der Waals surface area contributed by atoms with Crippen LogP contribution in [0.4, 0.5) is 0 Å². The van der Waals surface area contributed by atoms with Crippen LogP contribution in [0.3, 0.4) is 0 Å². The molecular formula is C18H17BO3. The molecule has 3 aromatic carbocycles. The maximum absolute atomic E-state index is 9.27. The fraction of sp³-hybridized carbons (Fsp3) is 0.222. The van der Waals surface area contributed by atoms with Crippen LogP contribution >= 0.6 is 0 Å². The van der Waals surface area contributed by atoms with Crippen molar-refractivity contribution in [3.8, 4) is 5.75 Å². The van der Waals surface area contributed by atoms with Gasteiger partial charge in [-0.2, -0.15) is 0 Å². The van der Waals surface area contributed by atoms with Gasteiger partial charge in [0.2, 0.25) is 0 Å². The van der Waals surface area contributed by atoms with Crippen LogP contribution in [0.2, 0.25) is 0 Å². The summed E-state index contributed by atoms with van der Waals surface area (Å²) in [5.74, 6) is 0.558. The third-order valence-electron chi connectivity index (χ3n) is 4.55. The summed E-state index contributed by atoms with van der Waals surface area (Å²) < 4.78 is 5.31. The van der Waals surface area contributed by atoms with Gasteiger partial charge in [0.05, 0.1) is 0 Å². The summed E-state index contributed by atoms with van der Waals surface area (Å²) in [5, 5.41) is 22.9. The van der Waals surface area contributed by atoms with Crippen LogP contribution in [0.15, 0.2) is 42.5 Å². The lowest BCUT2D eigenvalue weighted by molar-refractivity contribution is 0.289. The van der Waals surface area contributed by atoms with Gasteiger partial charge in [-0.25, -0.2) is 0 Å². The molecule has 0 atom stereocenters. The first kappa shape index (κ1) is 13.6. The predicted octanol–water partition coefficient (Wildman–Crippen LogP) is 3.22. The summed E-state index contributed by atoms with van der Waals surface area (Å²) in [6.45, 7) is 0. The Morgan fingerprint density at radius 2 is 1.73 bits per heavy atom. The quantitative estimate of drug-likeness (QED) is 0.563. The molecule has 0 amide bonds. The summed E-state index contributed by atoms with van der Waals surface area (Å²) >= 11 is 0. The molecule has 0 aliphatic heterocycles. The lowest BCUT2D eigenvalue weighted by atomic mass is 9.86. The highest BCUT2D eigenvalue weighted by Crippen LogP contribution is 2.39. The lowest BCUT2D eigenvalue weighted by Crippen LogP contribution is -2.21. The zero-order valence-corrected chi connectivity index (χ0v) is 12.2. The zero-order valence-electron chi connectivity index (χ0n) is 12.2. The van der Waals surface area contributed by atoms with Crippen LogP contribution < -0.4 is 4.65 Å². The van der Waals surface area contributed by atoms with Crippen LogP contribution in [0.25, 0.3) is 21.5 Å². The van der Waals surface area contributed by atoms with Gasteiger partial charge in [0.15, 0.2) is 0 Å². The van der Waals surface area contributed by atoms with Crippen molar-refractivity contribution in [1.82, 2.24) is 0 Å². The Bertz CT molecular complexity index is 858. The Balaban J connectivity index is 2.12. The Kier molecular flexibility index (Phi) is 3.28. The van der Waals surface area contributed by atoms with Gasteiger partial charge in [0.1, 0.15) is 5.75 Å². The van der Waals surface area contributed by atoms with Gasteiger partial charge in [-0.05, 0) is 59.0 Å². The van der Waals surface area contributed by atoms with Crippen LogP contribution in [-0.2, 0) is 12.8 Å². The molecule has 3 nitrogen and oxygen atoms in total. The Morgan fingerprint density at radius 3 is 2.59 bits per heavy atom. The van der Waals surface area contributed by atoms with Crippen molar-refractivity contribution in [3.05, 3.63) is 53.6 Å². The van der Waals surface area contributed by atoms with Gasteiger partial charge >= 0.3 is 7.32 Å². The average Bonchev–Trinajstić information content (AvgIpc) is 2.54. The molecule has 4 heteroatoms. The number of aryl methyl sites for hydroxylation is 2. The molecule has 0 unspecified atom stereocenters. The normalized spacial score (nSPS) is 14.1. The number of benzene rings is 3. The van der Waals surface area contributed by atoms with Crippen molar-refractivity contribution < 1.29 is 14.7 Å². The molecule has 0 fully saturated rings. The van der Waals surface area contributed by atoms with E-state index in [9.17, 15) is 10.0 Å². The van der Waals surface area contributed by atoms with E-state index in [0.717, 1.165) is 29.0 Å². The van der Waals surface area contributed by atoms with Gasteiger partial charge in [-0.15, -0.1) is 0 Å².